The predicted octanol–water partition coefficient (Wildman–Crippen LogP) is 3.04. The van der Waals surface area contributed by atoms with E-state index in [1.54, 1.807) is 62.4 Å². The highest BCUT2D eigenvalue weighted by Crippen LogP contribution is 2.21. The fourth-order valence-electron chi connectivity index (χ4n) is 2.19. The number of amides is 2. The zero-order valence-electron chi connectivity index (χ0n) is 15.7. The number of hydrogen-bond donors (Lipinski definition) is 2. The maximum absolute atomic E-state index is 12.2. The molecular weight excluding hydrogens is 384 g/mol. The van der Waals surface area contributed by atoms with Gasteiger partial charge < -0.3 is 20.1 Å². The summed E-state index contributed by atoms with van der Waals surface area (Å²) < 4.78 is 10.7. The molecule has 2 aromatic carbocycles. The quantitative estimate of drug-likeness (QED) is 0.692. The summed E-state index contributed by atoms with van der Waals surface area (Å²) in [5.74, 6) is -0.974. The van der Waals surface area contributed by atoms with Crippen molar-refractivity contribution in [3.63, 3.8) is 0 Å². The fraction of sp³-hybridized carbons (Fsp3) is 0.250. The van der Waals surface area contributed by atoms with E-state index in [9.17, 15) is 14.4 Å². The normalized spacial score (nSPS) is 10.7. The molecule has 0 heterocycles. The lowest BCUT2D eigenvalue weighted by Crippen LogP contribution is -2.41. The molecule has 2 aromatic rings. The number of ether oxygens (including phenoxy) is 2. The zero-order chi connectivity index (χ0) is 20.7. The van der Waals surface area contributed by atoms with Crippen molar-refractivity contribution >= 4 is 35.1 Å². The van der Waals surface area contributed by atoms with Gasteiger partial charge in [-0.2, -0.15) is 0 Å². The second kappa shape index (κ2) is 9.23. The summed E-state index contributed by atoms with van der Waals surface area (Å²) in [5.41, 5.74) is -0.345. The number of hydrogen-bond acceptors (Lipinski definition) is 5. The molecule has 0 aliphatic heterocycles. The van der Waals surface area contributed by atoms with Crippen LogP contribution in [0.5, 0.6) is 5.75 Å². The molecule has 0 bridgehead atoms. The summed E-state index contributed by atoms with van der Waals surface area (Å²) in [4.78, 5) is 35.7. The molecular formula is C20H21ClN2O5. The van der Waals surface area contributed by atoms with E-state index in [-0.39, 0.29) is 5.91 Å². The molecule has 2 rings (SSSR count). The number of benzene rings is 2. The van der Waals surface area contributed by atoms with Crippen molar-refractivity contribution in [2.24, 2.45) is 0 Å². The van der Waals surface area contributed by atoms with Crippen molar-refractivity contribution in [2.45, 2.75) is 19.4 Å². The van der Waals surface area contributed by atoms with Crippen LogP contribution in [0.4, 0.5) is 5.69 Å². The summed E-state index contributed by atoms with van der Waals surface area (Å²) in [5, 5.41) is 5.64. The highest BCUT2D eigenvalue weighted by atomic mass is 35.5. The third-order valence-electron chi connectivity index (χ3n) is 3.67. The van der Waals surface area contributed by atoms with Crippen LogP contribution in [0.1, 0.15) is 24.2 Å². The molecule has 0 aliphatic rings. The lowest BCUT2D eigenvalue weighted by atomic mass is 10.1. The summed E-state index contributed by atoms with van der Waals surface area (Å²) in [6, 6.07) is 12.9. The van der Waals surface area contributed by atoms with Crippen molar-refractivity contribution in [1.82, 2.24) is 5.32 Å². The zero-order valence-corrected chi connectivity index (χ0v) is 16.5. The Labute approximate surface area is 168 Å². The van der Waals surface area contributed by atoms with Crippen LogP contribution in [0.2, 0.25) is 5.02 Å². The molecule has 0 saturated heterocycles. The summed E-state index contributed by atoms with van der Waals surface area (Å²) in [6.45, 7) is 2.61. The number of rotatable bonds is 7. The maximum Gasteiger partial charge on any atom is 0.350 e. The van der Waals surface area contributed by atoms with Crippen molar-refractivity contribution < 1.29 is 23.9 Å². The molecule has 0 atom stereocenters. The van der Waals surface area contributed by atoms with Crippen LogP contribution in [-0.2, 0) is 14.3 Å². The van der Waals surface area contributed by atoms with Crippen LogP contribution in [0.25, 0.3) is 0 Å². The first-order valence-electron chi connectivity index (χ1n) is 8.45. The van der Waals surface area contributed by atoms with Crippen molar-refractivity contribution in [1.29, 1.82) is 0 Å². The van der Waals surface area contributed by atoms with Gasteiger partial charge in [0.25, 0.3) is 11.8 Å². The molecule has 0 aliphatic carbocycles. The topological polar surface area (TPSA) is 93.7 Å². The monoisotopic (exact) mass is 404 g/mol. The Hall–Kier alpha value is -3.06. The first-order chi connectivity index (χ1) is 13.2. The van der Waals surface area contributed by atoms with Gasteiger partial charge in [0.05, 0.1) is 0 Å². The Morgan fingerprint density at radius 2 is 1.61 bits per heavy atom. The summed E-state index contributed by atoms with van der Waals surface area (Å²) in [6.07, 6.45) is 0. The Morgan fingerprint density at radius 1 is 1.00 bits per heavy atom. The van der Waals surface area contributed by atoms with Gasteiger partial charge in [0.15, 0.2) is 12.2 Å². The third kappa shape index (κ3) is 5.99. The highest BCUT2D eigenvalue weighted by Gasteiger charge is 2.32. The average Bonchev–Trinajstić information content (AvgIpc) is 2.67. The number of nitrogens with one attached hydrogen (secondary N) is 2. The van der Waals surface area contributed by atoms with Gasteiger partial charge in [-0.05, 0) is 62.4 Å². The summed E-state index contributed by atoms with van der Waals surface area (Å²) in [7, 11) is 1.53. The van der Waals surface area contributed by atoms with Crippen molar-refractivity contribution in [3.05, 3.63) is 59.1 Å². The molecule has 7 nitrogen and oxygen atoms in total. The van der Waals surface area contributed by atoms with E-state index in [0.29, 0.717) is 22.0 Å². The number of carbonyl (C=O) groups is 3. The Balaban J connectivity index is 1.86. The van der Waals surface area contributed by atoms with E-state index in [4.69, 9.17) is 21.1 Å². The van der Waals surface area contributed by atoms with Crippen LogP contribution >= 0.6 is 11.6 Å². The standard InChI is InChI=1S/C20H21ClN2O5/c1-20(2,28-16-10-6-14(21)7-11-16)19(26)27-12-17(24)23-15-8-4-13(5-9-15)18(25)22-3/h4-11H,12H2,1-3H3,(H,22,25)(H,23,24). The van der Waals surface area contributed by atoms with Gasteiger partial charge in [-0.1, -0.05) is 11.6 Å². The molecule has 8 heteroatoms. The van der Waals surface area contributed by atoms with E-state index in [1.165, 1.54) is 7.05 Å². The largest absolute Gasteiger partial charge is 0.476 e. The SMILES string of the molecule is CNC(=O)c1ccc(NC(=O)COC(=O)C(C)(C)Oc2ccc(Cl)cc2)cc1. The first-order valence-corrected chi connectivity index (χ1v) is 8.83. The third-order valence-corrected chi connectivity index (χ3v) is 3.92. The van der Waals surface area contributed by atoms with Gasteiger partial charge in [0, 0.05) is 23.3 Å². The van der Waals surface area contributed by atoms with Crippen molar-refractivity contribution in [3.8, 4) is 5.75 Å². The predicted molar refractivity (Wildman–Crippen MR) is 106 cm³/mol. The molecule has 0 aromatic heterocycles. The lowest BCUT2D eigenvalue weighted by Gasteiger charge is -2.24. The van der Waals surface area contributed by atoms with E-state index in [0.717, 1.165) is 0 Å². The molecule has 0 saturated carbocycles. The maximum atomic E-state index is 12.2. The highest BCUT2D eigenvalue weighted by molar-refractivity contribution is 6.30. The molecule has 0 unspecified atom stereocenters. The number of esters is 1. The van der Waals surface area contributed by atoms with E-state index >= 15 is 0 Å². The van der Waals surface area contributed by atoms with Gasteiger partial charge in [-0.15, -0.1) is 0 Å². The molecule has 28 heavy (non-hydrogen) atoms. The minimum atomic E-state index is -1.29. The van der Waals surface area contributed by atoms with Crippen LogP contribution in [0, 0.1) is 0 Å². The Kier molecular flexibility index (Phi) is 7.00. The Bertz CT molecular complexity index is 848. The molecule has 2 amide bonds. The fourth-order valence-corrected chi connectivity index (χ4v) is 2.32. The first kappa shape index (κ1) is 21.2. The average molecular weight is 405 g/mol. The van der Waals surface area contributed by atoms with E-state index in [1.807, 2.05) is 0 Å². The number of anilines is 1. The molecule has 0 spiro atoms. The second-order valence-corrected chi connectivity index (χ2v) is 6.78. The lowest BCUT2D eigenvalue weighted by molar-refractivity contribution is -0.161. The van der Waals surface area contributed by atoms with Crippen LogP contribution in [-0.4, -0.2) is 37.0 Å². The van der Waals surface area contributed by atoms with Gasteiger partial charge in [0.2, 0.25) is 0 Å². The number of halogens is 1. The van der Waals surface area contributed by atoms with Crippen LogP contribution in [0.15, 0.2) is 48.5 Å². The van der Waals surface area contributed by atoms with Gasteiger partial charge in [-0.3, -0.25) is 9.59 Å². The molecule has 2 N–H and O–H groups in total. The van der Waals surface area contributed by atoms with E-state index < -0.39 is 24.1 Å². The van der Waals surface area contributed by atoms with Gasteiger partial charge in [0.1, 0.15) is 5.75 Å². The van der Waals surface area contributed by atoms with Crippen LogP contribution in [0.3, 0.4) is 0 Å². The van der Waals surface area contributed by atoms with Crippen LogP contribution < -0.4 is 15.4 Å². The second-order valence-electron chi connectivity index (χ2n) is 6.35. The van der Waals surface area contributed by atoms with Gasteiger partial charge >= 0.3 is 5.97 Å². The Morgan fingerprint density at radius 3 is 2.18 bits per heavy atom. The van der Waals surface area contributed by atoms with Crippen molar-refractivity contribution in [2.75, 3.05) is 19.0 Å². The molecule has 0 radical (unpaired) electrons. The summed E-state index contributed by atoms with van der Waals surface area (Å²) >= 11 is 5.82. The minimum Gasteiger partial charge on any atom is -0.476 e. The van der Waals surface area contributed by atoms with E-state index in [2.05, 4.69) is 10.6 Å². The number of carbonyl (C=O) groups excluding carboxylic acids is 3. The molecule has 148 valence electrons. The minimum absolute atomic E-state index is 0.227. The van der Waals surface area contributed by atoms with Gasteiger partial charge in [-0.25, -0.2) is 4.79 Å². The molecule has 0 fully saturated rings. The smallest absolute Gasteiger partial charge is 0.350 e.